The van der Waals surface area contributed by atoms with Crippen molar-refractivity contribution in [1.29, 1.82) is 0 Å². The lowest BCUT2D eigenvalue weighted by Gasteiger charge is -2.08. The average Bonchev–Trinajstić information content (AvgIpc) is 2.02. The Morgan fingerprint density at radius 2 is 2.07 bits per heavy atom. The Kier molecular flexibility index (Phi) is 2.83. The fraction of sp³-hybridized carbons (Fsp3) is 0.375. The first kappa shape index (κ1) is 10.6. The van der Waals surface area contributed by atoms with E-state index in [0.29, 0.717) is 0 Å². The monoisotopic (exact) mass is 204 g/mol. The smallest absolute Gasteiger partial charge is 0.256 e. The van der Waals surface area contributed by atoms with Crippen LogP contribution in [0.3, 0.4) is 0 Å². The molecule has 0 saturated carbocycles. The minimum absolute atomic E-state index is 0.0346. The Bertz CT molecular complexity index is 349. The lowest BCUT2D eigenvalue weighted by atomic mass is 10.2. The van der Waals surface area contributed by atoms with Crippen LogP contribution in [0.2, 0.25) is 0 Å². The Balaban J connectivity index is 3.13. The van der Waals surface area contributed by atoms with Gasteiger partial charge in [0.05, 0.1) is 11.3 Å². The topological polar surface area (TPSA) is 42.3 Å². The van der Waals surface area contributed by atoms with E-state index in [1.807, 2.05) is 0 Å². The number of aryl methyl sites for hydroxylation is 1. The summed E-state index contributed by atoms with van der Waals surface area (Å²) in [6.45, 7) is 1.09. The number of aromatic nitrogens is 1. The molecule has 0 atom stereocenters. The van der Waals surface area contributed by atoms with Crippen LogP contribution < -0.4 is 0 Å². The van der Waals surface area contributed by atoms with Crippen molar-refractivity contribution in [3.8, 4) is 0 Å². The first-order chi connectivity index (χ1) is 6.43. The van der Waals surface area contributed by atoms with E-state index in [2.05, 4.69) is 10.2 Å². The lowest BCUT2D eigenvalue weighted by molar-refractivity contribution is -0.137. The van der Waals surface area contributed by atoms with Gasteiger partial charge in [0.25, 0.3) is 0 Å². The third kappa shape index (κ3) is 2.51. The first-order valence-electron chi connectivity index (χ1n) is 3.77. The molecule has 0 N–H and O–H groups in total. The summed E-state index contributed by atoms with van der Waals surface area (Å²) in [5.74, 6) is 0. The van der Waals surface area contributed by atoms with Crippen LogP contribution in [0.15, 0.2) is 17.3 Å². The third-order valence-electron chi connectivity index (χ3n) is 1.56. The second-order valence-corrected chi connectivity index (χ2v) is 2.77. The van der Waals surface area contributed by atoms with Crippen molar-refractivity contribution in [3.05, 3.63) is 34.0 Å². The quantitative estimate of drug-likeness (QED) is 0.695. The van der Waals surface area contributed by atoms with E-state index in [9.17, 15) is 18.1 Å². The Hall–Kier alpha value is -1.46. The van der Waals surface area contributed by atoms with Gasteiger partial charge in [-0.25, -0.2) is 0 Å². The molecule has 0 aliphatic heterocycles. The maximum absolute atomic E-state index is 12.3. The second-order valence-electron chi connectivity index (χ2n) is 2.77. The van der Waals surface area contributed by atoms with Crippen molar-refractivity contribution < 1.29 is 13.2 Å². The molecule has 0 unspecified atom stereocenters. The maximum atomic E-state index is 12.3. The summed E-state index contributed by atoms with van der Waals surface area (Å²) in [6, 6.07) is 1.75. The van der Waals surface area contributed by atoms with Crippen LogP contribution in [0.1, 0.15) is 17.0 Å². The van der Waals surface area contributed by atoms with Gasteiger partial charge in [0.15, 0.2) is 0 Å². The molecule has 0 aliphatic rings. The molecule has 1 rings (SSSR count). The molecule has 1 aromatic heterocycles. The van der Waals surface area contributed by atoms with Crippen molar-refractivity contribution in [2.24, 2.45) is 5.18 Å². The molecule has 0 amide bonds. The van der Waals surface area contributed by atoms with Gasteiger partial charge in [0, 0.05) is 5.69 Å². The summed E-state index contributed by atoms with van der Waals surface area (Å²) in [5, 5.41) is 2.49. The number of alkyl halides is 3. The Morgan fingerprint density at radius 1 is 1.43 bits per heavy atom. The SMILES string of the molecule is Cc1cc(C(F)(F)F)cc(CN=O)n1. The predicted octanol–water partition coefficient (Wildman–Crippen LogP) is 2.68. The van der Waals surface area contributed by atoms with Crippen LogP contribution in [0, 0.1) is 11.8 Å². The second kappa shape index (κ2) is 3.73. The lowest BCUT2D eigenvalue weighted by Crippen LogP contribution is -2.07. The van der Waals surface area contributed by atoms with Crippen LogP contribution in [-0.2, 0) is 12.7 Å². The molecule has 0 saturated heterocycles. The molecule has 3 nitrogen and oxygen atoms in total. The molecular formula is C8H7F3N2O. The number of rotatable bonds is 2. The van der Waals surface area contributed by atoms with E-state index < -0.39 is 11.7 Å². The van der Waals surface area contributed by atoms with E-state index in [1.54, 1.807) is 0 Å². The number of hydrogen-bond acceptors (Lipinski definition) is 3. The fourth-order valence-corrected chi connectivity index (χ4v) is 1.05. The normalized spacial score (nSPS) is 11.4. The first-order valence-corrected chi connectivity index (χ1v) is 3.77. The van der Waals surface area contributed by atoms with Gasteiger partial charge in [0.1, 0.15) is 6.54 Å². The molecule has 0 aliphatic carbocycles. The molecule has 14 heavy (non-hydrogen) atoms. The number of halogens is 3. The number of hydrogen-bond donors (Lipinski definition) is 0. The predicted molar refractivity (Wildman–Crippen MR) is 43.5 cm³/mol. The van der Waals surface area contributed by atoms with E-state index in [-0.39, 0.29) is 17.9 Å². The summed E-state index contributed by atoms with van der Waals surface area (Å²) in [4.78, 5) is 13.6. The van der Waals surface area contributed by atoms with Crippen LogP contribution in [0.4, 0.5) is 13.2 Å². The highest BCUT2D eigenvalue weighted by molar-refractivity contribution is 5.23. The molecule has 0 spiro atoms. The minimum atomic E-state index is -4.41. The van der Waals surface area contributed by atoms with E-state index in [4.69, 9.17) is 0 Å². The molecule has 1 aromatic rings. The summed E-state index contributed by atoms with van der Waals surface area (Å²) < 4.78 is 36.8. The van der Waals surface area contributed by atoms with E-state index in [0.717, 1.165) is 12.1 Å². The van der Waals surface area contributed by atoms with Crippen LogP contribution in [0.5, 0.6) is 0 Å². The zero-order valence-electron chi connectivity index (χ0n) is 7.30. The van der Waals surface area contributed by atoms with E-state index in [1.165, 1.54) is 6.92 Å². The van der Waals surface area contributed by atoms with Crippen LogP contribution in [0.25, 0.3) is 0 Å². The molecular weight excluding hydrogens is 197 g/mol. The Morgan fingerprint density at radius 3 is 2.57 bits per heavy atom. The number of nitrogens with zero attached hydrogens (tertiary/aromatic N) is 2. The molecule has 0 fully saturated rings. The van der Waals surface area contributed by atoms with Gasteiger partial charge >= 0.3 is 6.18 Å². The van der Waals surface area contributed by atoms with Gasteiger partial charge in [-0.1, -0.05) is 5.18 Å². The van der Waals surface area contributed by atoms with Gasteiger partial charge in [-0.05, 0) is 19.1 Å². The Labute approximate surface area is 77.9 Å². The summed E-state index contributed by atoms with van der Waals surface area (Å²) in [5.41, 5.74) is -0.547. The van der Waals surface area contributed by atoms with Crippen LogP contribution in [-0.4, -0.2) is 4.98 Å². The zero-order valence-corrected chi connectivity index (χ0v) is 7.30. The van der Waals surface area contributed by atoms with Crippen molar-refractivity contribution in [2.45, 2.75) is 19.6 Å². The molecule has 6 heteroatoms. The van der Waals surface area contributed by atoms with Gasteiger partial charge in [-0.2, -0.15) is 18.1 Å². The summed E-state index contributed by atoms with van der Waals surface area (Å²) >= 11 is 0. The van der Waals surface area contributed by atoms with Gasteiger partial charge in [-0.15, -0.1) is 0 Å². The highest BCUT2D eigenvalue weighted by Gasteiger charge is 2.31. The molecule has 1 heterocycles. The highest BCUT2D eigenvalue weighted by atomic mass is 19.4. The van der Waals surface area contributed by atoms with Crippen molar-refractivity contribution in [3.63, 3.8) is 0 Å². The minimum Gasteiger partial charge on any atom is -0.256 e. The fourth-order valence-electron chi connectivity index (χ4n) is 1.05. The van der Waals surface area contributed by atoms with Crippen molar-refractivity contribution >= 4 is 0 Å². The molecule has 0 aromatic carbocycles. The molecule has 76 valence electrons. The van der Waals surface area contributed by atoms with Crippen molar-refractivity contribution in [1.82, 2.24) is 4.98 Å². The third-order valence-corrected chi connectivity index (χ3v) is 1.56. The standard InChI is InChI=1S/C8H7F3N2O/c1-5-2-6(8(9,10)11)3-7(13-5)4-12-14/h2-3H,4H2,1H3. The van der Waals surface area contributed by atoms with Crippen molar-refractivity contribution in [2.75, 3.05) is 0 Å². The molecule has 0 radical (unpaired) electrons. The largest absolute Gasteiger partial charge is 0.416 e. The zero-order chi connectivity index (χ0) is 10.8. The van der Waals surface area contributed by atoms with Crippen LogP contribution >= 0.6 is 0 Å². The summed E-state index contributed by atoms with van der Waals surface area (Å²) in [7, 11) is 0. The number of pyridine rings is 1. The van der Waals surface area contributed by atoms with Gasteiger partial charge in [-0.3, -0.25) is 4.98 Å². The molecule has 0 bridgehead atoms. The number of nitroso groups, excluding NO2 is 1. The highest BCUT2D eigenvalue weighted by Crippen LogP contribution is 2.29. The van der Waals surface area contributed by atoms with E-state index >= 15 is 0 Å². The van der Waals surface area contributed by atoms with Gasteiger partial charge < -0.3 is 0 Å². The average molecular weight is 204 g/mol. The summed E-state index contributed by atoms with van der Waals surface area (Å²) in [6.07, 6.45) is -4.41. The maximum Gasteiger partial charge on any atom is 0.416 e. The van der Waals surface area contributed by atoms with Gasteiger partial charge in [0.2, 0.25) is 0 Å².